The van der Waals surface area contributed by atoms with E-state index in [9.17, 15) is 0 Å². The second-order valence-electron chi connectivity index (χ2n) is 2.19. The van der Waals surface area contributed by atoms with Gasteiger partial charge in [-0.1, -0.05) is 13.3 Å². The van der Waals surface area contributed by atoms with Gasteiger partial charge < -0.3 is 5.32 Å². The molecular weight excluding hydrogens is 126 g/mol. The predicted octanol–water partition coefficient (Wildman–Crippen LogP) is 1.42. The SMILES string of the molecule is CCCCNc1[c]n[nH]c1. The molecule has 0 fully saturated rings. The molecule has 0 aliphatic rings. The van der Waals surface area contributed by atoms with Gasteiger partial charge in [-0.2, -0.15) is 5.10 Å². The van der Waals surface area contributed by atoms with E-state index in [1.165, 1.54) is 12.8 Å². The van der Waals surface area contributed by atoms with E-state index < -0.39 is 0 Å². The minimum absolute atomic E-state index is 0.952. The van der Waals surface area contributed by atoms with E-state index in [-0.39, 0.29) is 0 Å². The van der Waals surface area contributed by atoms with Crippen molar-refractivity contribution in [1.82, 2.24) is 10.2 Å². The Bertz CT molecular complexity index is 157. The van der Waals surface area contributed by atoms with Crippen molar-refractivity contribution in [2.45, 2.75) is 19.8 Å². The van der Waals surface area contributed by atoms with Gasteiger partial charge in [0.25, 0.3) is 0 Å². The fraction of sp³-hybridized carbons (Fsp3) is 0.571. The number of H-pyrrole nitrogens is 1. The van der Waals surface area contributed by atoms with Crippen molar-refractivity contribution in [3.05, 3.63) is 12.4 Å². The van der Waals surface area contributed by atoms with Crippen LogP contribution in [0, 0.1) is 6.20 Å². The normalized spacial score (nSPS) is 9.70. The van der Waals surface area contributed by atoms with E-state index in [1.54, 1.807) is 6.20 Å². The molecule has 0 atom stereocenters. The van der Waals surface area contributed by atoms with E-state index in [0.717, 1.165) is 12.2 Å². The van der Waals surface area contributed by atoms with E-state index >= 15 is 0 Å². The minimum Gasteiger partial charge on any atom is -0.382 e. The zero-order valence-electron chi connectivity index (χ0n) is 6.15. The molecule has 1 radical (unpaired) electrons. The molecule has 1 aromatic rings. The summed E-state index contributed by atoms with van der Waals surface area (Å²) in [6.07, 6.45) is 6.99. The van der Waals surface area contributed by atoms with Crippen LogP contribution in [0.25, 0.3) is 0 Å². The first kappa shape index (κ1) is 7.12. The van der Waals surface area contributed by atoms with Gasteiger partial charge >= 0.3 is 0 Å². The van der Waals surface area contributed by atoms with Crippen LogP contribution in [0.4, 0.5) is 5.69 Å². The zero-order chi connectivity index (χ0) is 7.23. The number of aromatic amines is 1. The van der Waals surface area contributed by atoms with Crippen molar-refractivity contribution in [2.24, 2.45) is 0 Å². The molecule has 55 valence electrons. The van der Waals surface area contributed by atoms with Crippen LogP contribution in [0.3, 0.4) is 0 Å². The van der Waals surface area contributed by atoms with Gasteiger partial charge in [0, 0.05) is 12.7 Å². The molecule has 0 unspecified atom stereocenters. The number of nitrogens with zero attached hydrogens (tertiary/aromatic N) is 1. The summed E-state index contributed by atoms with van der Waals surface area (Å²) in [5.41, 5.74) is 0.952. The van der Waals surface area contributed by atoms with Crippen molar-refractivity contribution >= 4 is 5.69 Å². The van der Waals surface area contributed by atoms with E-state index in [1.807, 2.05) is 0 Å². The molecular formula is C7H12N3. The molecule has 0 bridgehead atoms. The molecule has 3 nitrogen and oxygen atoms in total. The highest BCUT2D eigenvalue weighted by molar-refractivity contribution is 5.35. The largest absolute Gasteiger partial charge is 0.382 e. The number of hydrogen-bond donors (Lipinski definition) is 2. The Hall–Kier alpha value is -0.990. The van der Waals surface area contributed by atoms with Gasteiger partial charge in [0.05, 0.1) is 5.69 Å². The molecule has 10 heavy (non-hydrogen) atoms. The second-order valence-corrected chi connectivity index (χ2v) is 2.19. The molecule has 0 aliphatic carbocycles. The first-order chi connectivity index (χ1) is 4.93. The Morgan fingerprint density at radius 1 is 1.80 bits per heavy atom. The van der Waals surface area contributed by atoms with Gasteiger partial charge in [-0.3, -0.25) is 5.10 Å². The fourth-order valence-electron chi connectivity index (χ4n) is 0.712. The Labute approximate surface area is 60.8 Å². The lowest BCUT2D eigenvalue weighted by Gasteiger charge is -1.98. The highest BCUT2D eigenvalue weighted by atomic mass is 15.1. The summed E-state index contributed by atoms with van der Waals surface area (Å²) in [5.74, 6) is 0. The molecule has 0 saturated carbocycles. The molecule has 1 aromatic heterocycles. The standard InChI is InChI=1S/C7H12N3/c1-2-3-4-8-7-5-9-10-6-7/h5,8H,2-4H2,1H3,(H,9,10). The summed E-state index contributed by atoms with van der Waals surface area (Å²) in [4.78, 5) is 0. The Morgan fingerprint density at radius 3 is 3.30 bits per heavy atom. The number of hydrogen-bond acceptors (Lipinski definition) is 2. The van der Waals surface area contributed by atoms with Crippen molar-refractivity contribution in [3.8, 4) is 0 Å². The quantitative estimate of drug-likeness (QED) is 0.618. The summed E-state index contributed by atoms with van der Waals surface area (Å²) in [6, 6.07) is 0. The summed E-state index contributed by atoms with van der Waals surface area (Å²) in [7, 11) is 0. The highest BCUT2D eigenvalue weighted by Crippen LogP contribution is 1.99. The third-order valence-corrected chi connectivity index (χ3v) is 1.30. The summed E-state index contributed by atoms with van der Waals surface area (Å²) in [5, 5.41) is 9.55. The van der Waals surface area contributed by atoms with Crippen LogP contribution in [0.15, 0.2) is 6.20 Å². The Kier molecular flexibility index (Phi) is 2.80. The summed E-state index contributed by atoms with van der Waals surface area (Å²) >= 11 is 0. The summed E-state index contributed by atoms with van der Waals surface area (Å²) in [6.45, 7) is 3.17. The molecule has 0 spiro atoms. The average molecular weight is 138 g/mol. The van der Waals surface area contributed by atoms with Gasteiger partial charge in [-0.05, 0) is 6.42 Å². The maximum absolute atomic E-state index is 3.69. The smallest absolute Gasteiger partial charge is 0.138 e. The molecule has 0 aliphatic heterocycles. The third-order valence-electron chi connectivity index (χ3n) is 1.30. The van der Waals surface area contributed by atoms with Gasteiger partial charge in [-0.15, -0.1) is 0 Å². The lowest BCUT2D eigenvalue weighted by atomic mass is 10.3. The van der Waals surface area contributed by atoms with Crippen LogP contribution >= 0.6 is 0 Å². The lowest BCUT2D eigenvalue weighted by molar-refractivity contribution is 0.834. The number of unbranched alkanes of at least 4 members (excludes halogenated alkanes) is 1. The van der Waals surface area contributed by atoms with Crippen LogP contribution in [0.2, 0.25) is 0 Å². The first-order valence-electron chi connectivity index (χ1n) is 3.59. The van der Waals surface area contributed by atoms with Crippen LogP contribution in [-0.2, 0) is 0 Å². The molecule has 0 amide bonds. The van der Waals surface area contributed by atoms with Gasteiger partial charge in [-0.25, -0.2) is 0 Å². The average Bonchev–Trinajstić information content (AvgIpc) is 2.41. The van der Waals surface area contributed by atoms with Crippen LogP contribution < -0.4 is 5.32 Å². The lowest BCUT2D eigenvalue weighted by Crippen LogP contribution is -1.99. The predicted molar refractivity (Wildman–Crippen MR) is 40.8 cm³/mol. The maximum Gasteiger partial charge on any atom is 0.138 e. The van der Waals surface area contributed by atoms with E-state index in [2.05, 4.69) is 28.6 Å². The van der Waals surface area contributed by atoms with E-state index in [4.69, 9.17) is 0 Å². The number of rotatable bonds is 4. The van der Waals surface area contributed by atoms with Gasteiger partial charge in [0.15, 0.2) is 0 Å². The molecule has 2 N–H and O–H groups in total. The second kappa shape index (κ2) is 3.93. The number of nitrogens with one attached hydrogen (secondary N) is 2. The van der Waals surface area contributed by atoms with Crippen LogP contribution in [0.5, 0.6) is 0 Å². The molecule has 1 heterocycles. The monoisotopic (exact) mass is 138 g/mol. The van der Waals surface area contributed by atoms with Gasteiger partial charge in [0.2, 0.25) is 0 Å². The minimum atomic E-state index is 0.952. The third kappa shape index (κ3) is 2.09. The first-order valence-corrected chi connectivity index (χ1v) is 3.59. The summed E-state index contributed by atoms with van der Waals surface area (Å²) < 4.78 is 0. The Balaban J connectivity index is 2.15. The zero-order valence-corrected chi connectivity index (χ0v) is 6.15. The topological polar surface area (TPSA) is 40.7 Å². The van der Waals surface area contributed by atoms with Crippen molar-refractivity contribution in [1.29, 1.82) is 0 Å². The number of anilines is 1. The Morgan fingerprint density at radius 2 is 2.70 bits per heavy atom. The molecule has 0 saturated heterocycles. The van der Waals surface area contributed by atoms with Crippen molar-refractivity contribution in [3.63, 3.8) is 0 Å². The van der Waals surface area contributed by atoms with Crippen LogP contribution in [0.1, 0.15) is 19.8 Å². The van der Waals surface area contributed by atoms with Gasteiger partial charge in [0.1, 0.15) is 6.20 Å². The fourth-order valence-corrected chi connectivity index (χ4v) is 0.712. The number of aromatic nitrogens is 2. The van der Waals surface area contributed by atoms with E-state index in [0.29, 0.717) is 0 Å². The van der Waals surface area contributed by atoms with Crippen molar-refractivity contribution in [2.75, 3.05) is 11.9 Å². The highest BCUT2D eigenvalue weighted by Gasteiger charge is 1.89. The van der Waals surface area contributed by atoms with Crippen LogP contribution in [-0.4, -0.2) is 16.7 Å². The molecule has 3 heteroatoms. The molecule has 0 aromatic carbocycles. The molecule has 1 rings (SSSR count). The van der Waals surface area contributed by atoms with Crippen molar-refractivity contribution < 1.29 is 0 Å². The maximum atomic E-state index is 3.69.